The maximum Gasteiger partial charge on any atom is 0.259 e. The number of anilines is 1. The smallest absolute Gasteiger partial charge is 0.259 e. The summed E-state index contributed by atoms with van der Waals surface area (Å²) in [5.41, 5.74) is -0.0822. The molecule has 0 spiro atoms. The Morgan fingerprint density at radius 2 is 2.11 bits per heavy atom. The molecule has 3 nitrogen and oxygen atoms in total. The van der Waals surface area contributed by atoms with Crippen LogP contribution in [0.4, 0.5) is 10.2 Å². The van der Waals surface area contributed by atoms with Crippen LogP contribution in [0.25, 0.3) is 0 Å². The number of benzene rings is 1. The van der Waals surface area contributed by atoms with E-state index in [1.165, 1.54) is 18.3 Å². The lowest BCUT2D eigenvalue weighted by Crippen LogP contribution is -2.14. The van der Waals surface area contributed by atoms with Gasteiger partial charge in [0.25, 0.3) is 5.91 Å². The van der Waals surface area contributed by atoms with Crippen LogP contribution in [0.2, 0.25) is 5.02 Å². The number of hydrogen-bond acceptors (Lipinski definition) is 2. The summed E-state index contributed by atoms with van der Waals surface area (Å²) in [4.78, 5) is 15.7. The Hall–Kier alpha value is -1.46. The minimum atomic E-state index is -0.671. The lowest BCUT2D eigenvalue weighted by atomic mass is 10.2. The first-order valence-electron chi connectivity index (χ1n) is 4.94. The molecule has 1 amide bonds. The Labute approximate surface area is 116 Å². The van der Waals surface area contributed by atoms with Crippen molar-refractivity contribution < 1.29 is 9.18 Å². The Morgan fingerprint density at radius 3 is 2.78 bits per heavy atom. The van der Waals surface area contributed by atoms with Gasteiger partial charge in [0.2, 0.25) is 0 Å². The summed E-state index contributed by atoms with van der Waals surface area (Å²) in [6.45, 7) is 0. The number of pyridine rings is 1. The SMILES string of the molecule is O=C(Nc1cc(Br)ccn1)c1ccc(Cl)cc1F. The molecule has 0 fully saturated rings. The van der Waals surface area contributed by atoms with E-state index in [-0.39, 0.29) is 10.6 Å². The first-order valence-corrected chi connectivity index (χ1v) is 6.11. The molecule has 2 rings (SSSR count). The number of aromatic nitrogens is 1. The molecule has 0 atom stereocenters. The summed E-state index contributed by atoms with van der Waals surface area (Å²) in [5, 5.41) is 2.74. The largest absolute Gasteiger partial charge is 0.306 e. The molecule has 1 aromatic heterocycles. The van der Waals surface area contributed by atoms with Crippen LogP contribution < -0.4 is 5.32 Å². The van der Waals surface area contributed by atoms with E-state index >= 15 is 0 Å². The maximum absolute atomic E-state index is 13.5. The van der Waals surface area contributed by atoms with Gasteiger partial charge >= 0.3 is 0 Å². The fourth-order valence-corrected chi connectivity index (χ4v) is 1.82. The molecule has 1 aromatic carbocycles. The van der Waals surface area contributed by atoms with Crippen molar-refractivity contribution in [3.05, 3.63) is 57.4 Å². The molecule has 0 saturated carbocycles. The van der Waals surface area contributed by atoms with Crippen molar-refractivity contribution in [2.45, 2.75) is 0 Å². The van der Waals surface area contributed by atoms with Gasteiger partial charge in [0.1, 0.15) is 11.6 Å². The third-order valence-electron chi connectivity index (χ3n) is 2.14. The molecule has 0 saturated heterocycles. The van der Waals surface area contributed by atoms with Crippen molar-refractivity contribution in [2.24, 2.45) is 0 Å². The van der Waals surface area contributed by atoms with E-state index in [4.69, 9.17) is 11.6 Å². The van der Waals surface area contributed by atoms with Crippen LogP contribution in [-0.2, 0) is 0 Å². The average molecular weight is 330 g/mol. The molecule has 2 aromatic rings. The molecule has 18 heavy (non-hydrogen) atoms. The predicted molar refractivity (Wildman–Crippen MR) is 71.3 cm³/mol. The Morgan fingerprint density at radius 1 is 1.33 bits per heavy atom. The van der Waals surface area contributed by atoms with Gasteiger partial charge in [0, 0.05) is 15.7 Å². The highest BCUT2D eigenvalue weighted by atomic mass is 79.9. The van der Waals surface area contributed by atoms with Crippen molar-refractivity contribution in [3.8, 4) is 0 Å². The summed E-state index contributed by atoms with van der Waals surface area (Å²) in [7, 11) is 0. The first-order chi connectivity index (χ1) is 8.56. The van der Waals surface area contributed by atoms with Crippen LogP contribution in [0, 0.1) is 5.82 Å². The number of halogens is 3. The Kier molecular flexibility index (Phi) is 3.93. The van der Waals surface area contributed by atoms with Gasteiger partial charge in [-0.15, -0.1) is 0 Å². The fraction of sp³-hybridized carbons (Fsp3) is 0. The van der Waals surface area contributed by atoms with Crippen molar-refractivity contribution in [1.29, 1.82) is 0 Å². The zero-order valence-electron chi connectivity index (χ0n) is 8.95. The van der Waals surface area contributed by atoms with Crippen molar-refractivity contribution in [3.63, 3.8) is 0 Å². The fourth-order valence-electron chi connectivity index (χ4n) is 1.33. The molecule has 0 bridgehead atoms. The number of nitrogens with zero attached hydrogens (tertiary/aromatic N) is 1. The topological polar surface area (TPSA) is 42.0 Å². The zero-order valence-corrected chi connectivity index (χ0v) is 11.3. The van der Waals surface area contributed by atoms with E-state index in [2.05, 4.69) is 26.2 Å². The number of amides is 1. The van der Waals surface area contributed by atoms with E-state index in [0.717, 1.165) is 10.5 Å². The van der Waals surface area contributed by atoms with E-state index in [0.29, 0.717) is 5.82 Å². The van der Waals surface area contributed by atoms with E-state index < -0.39 is 11.7 Å². The second kappa shape index (κ2) is 5.46. The minimum absolute atomic E-state index is 0.0822. The lowest BCUT2D eigenvalue weighted by Gasteiger charge is -2.05. The molecule has 92 valence electrons. The number of nitrogens with one attached hydrogen (secondary N) is 1. The third kappa shape index (κ3) is 3.05. The van der Waals surface area contributed by atoms with Crippen molar-refractivity contribution in [1.82, 2.24) is 4.98 Å². The highest BCUT2D eigenvalue weighted by Gasteiger charge is 2.12. The highest BCUT2D eigenvalue weighted by Crippen LogP contribution is 2.17. The molecular weight excluding hydrogens is 322 g/mol. The summed E-state index contributed by atoms with van der Waals surface area (Å²) in [6.07, 6.45) is 1.53. The molecular formula is C12H7BrClFN2O. The second-order valence-electron chi connectivity index (χ2n) is 3.44. The maximum atomic E-state index is 13.5. The van der Waals surface area contributed by atoms with Gasteiger partial charge in [-0.25, -0.2) is 9.37 Å². The van der Waals surface area contributed by atoms with Gasteiger partial charge in [-0.05, 0) is 30.3 Å². The molecule has 0 aliphatic heterocycles. The number of carbonyl (C=O) groups is 1. The monoisotopic (exact) mass is 328 g/mol. The third-order valence-corrected chi connectivity index (χ3v) is 2.87. The number of hydrogen-bond donors (Lipinski definition) is 1. The first kappa shape index (κ1) is 13.0. The molecule has 0 aliphatic carbocycles. The van der Waals surface area contributed by atoms with Gasteiger partial charge in [0.15, 0.2) is 0 Å². The predicted octanol–water partition coefficient (Wildman–Crippen LogP) is 3.89. The van der Waals surface area contributed by atoms with Crippen LogP contribution in [0.3, 0.4) is 0 Å². The normalized spacial score (nSPS) is 10.2. The summed E-state index contributed by atoms with van der Waals surface area (Å²) in [6, 6.07) is 7.20. The second-order valence-corrected chi connectivity index (χ2v) is 4.79. The molecule has 0 radical (unpaired) electrons. The van der Waals surface area contributed by atoms with Gasteiger partial charge < -0.3 is 5.32 Å². The van der Waals surface area contributed by atoms with Crippen LogP contribution in [0.1, 0.15) is 10.4 Å². The molecule has 0 unspecified atom stereocenters. The summed E-state index contributed by atoms with van der Waals surface area (Å²) < 4.78 is 14.3. The average Bonchev–Trinajstić information content (AvgIpc) is 2.28. The quantitative estimate of drug-likeness (QED) is 0.908. The minimum Gasteiger partial charge on any atom is -0.306 e. The Balaban J connectivity index is 2.22. The van der Waals surface area contributed by atoms with Gasteiger partial charge in [0.05, 0.1) is 5.56 Å². The van der Waals surface area contributed by atoms with E-state index in [1.54, 1.807) is 12.1 Å². The molecule has 6 heteroatoms. The highest BCUT2D eigenvalue weighted by molar-refractivity contribution is 9.10. The standard InChI is InChI=1S/C12H7BrClFN2O/c13-7-3-4-16-11(5-7)17-12(18)9-2-1-8(14)6-10(9)15/h1-6H,(H,16,17,18). The zero-order chi connectivity index (χ0) is 13.1. The van der Waals surface area contributed by atoms with Crippen LogP contribution in [-0.4, -0.2) is 10.9 Å². The van der Waals surface area contributed by atoms with Gasteiger partial charge in [-0.2, -0.15) is 0 Å². The van der Waals surface area contributed by atoms with Crippen molar-refractivity contribution in [2.75, 3.05) is 5.32 Å². The van der Waals surface area contributed by atoms with Gasteiger partial charge in [-0.3, -0.25) is 4.79 Å². The van der Waals surface area contributed by atoms with Crippen LogP contribution in [0.5, 0.6) is 0 Å². The molecule has 1 heterocycles. The molecule has 0 aliphatic rings. The molecule has 1 N–H and O–H groups in total. The summed E-state index contributed by atoms with van der Waals surface area (Å²) in [5.74, 6) is -0.909. The number of carbonyl (C=O) groups excluding carboxylic acids is 1. The van der Waals surface area contributed by atoms with Crippen LogP contribution >= 0.6 is 27.5 Å². The van der Waals surface area contributed by atoms with E-state index in [1.807, 2.05) is 0 Å². The summed E-state index contributed by atoms with van der Waals surface area (Å²) >= 11 is 8.86. The lowest BCUT2D eigenvalue weighted by molar-refractivity contribution is 0.102. The van der Waals surface area contributed by atoms with Gasteiger partial charge in [-0.1, -0.05) is 27.5 Å². The van der Waals surface area contributed by atoms with Crippen molar-refractivity contribution >= 4 is 39.3 Å². The van der Waals surface area contributed by atoms with Crippen LogP contribution in [0.15, 0.2) is 41.0 Å². The number of rotatable bonds is 2. The van der Waals surface area contributed by atoms with E-state index in [9.17, 15) is 9.18 Å². The Bertz CT molecular complexity index is 606.